The van der Waals surface area contributed by atoms with E-state index in [2.05, 4.69) is 0 Å². The van der Waals surface area contributed by atoms with Crippen LogP contribution in [0.5, 0.6) is 0 Å². The molecule has 40 heavy (non-hydrogen) atoms. The quantitative estimate of drug-likeness (QED) is 0.159. The van der Waals surface area contributed by atoms with Crippen molar-refractivity contribution in [3.8, 4) is 0 Å². The number of unbranched alkanes of at least 4 members (excludes halogenated alkanes) is 3. The first-order valence-electron chi connectivity index (χ1n) is 14.4. The topological polar surface area (TPSA) is 133 Å². The molecular weight excluding hydrogens is 508 g/mol. The zero-order valence-corrected chi connectivity index (χ0v) is 23.4. The Morgan fingerprint density at radius 1 is 0.800 bits per heavy atom. The van der Waals surface area contributed by atoms with E-state index in [0.29, 0.717) is 19.3 Å². The van der Waals surface area contributed by atoms with E-state index < -0.39 is 0 Å². The first-order valence-corrected chi connectivity index (χ1v) is 14.4. The summed E-state index contributed by atoms with van der Waals surface area (Å²) in [6.45, 7) is 2.03. The molecule has 0 heterocycles. The SMILES string of the molecule is CC1(CCCCC(=O)NO)CCc2ccccc2C1=O.O=C(CCCCCC1CCc2ccccc2C1=O)NO. The summed E-state index contributed by atoms with van der Waals surface area (Å²) < 4.78 is 0. The summed E-state index contributed by atoms with van der Waals surface area (Å²) in [4.78, 5) is 46.7. The smallest absolute Gasteiger partial charge is 0.243 e. The van der Waals surface area contributed by atoms with E-state index in [9.17, 15) is 19.2 Å². The predicted octanol–water partition coefficient (Wildman–Crippen LogP) is 5.78. The number of hydroxylamine groups is 2. The summed E-state index contributed by atoms with van der Waals surface area (Å²) in [5.41, 5.74) is 7.01. The van der Waals surface area contributed by atoms with Gasteiger partial charge in [0.1, 0.15) is 0 Å². The van der Waals surface area contributed by atoms with Crippen molar-refractivity contribution < 1.29 is 29.6 Å². The number of benzene rings is 2. The molecule has 0 saturated carbocycles. The first kappa shape index (κ1) is 31.2. The van der Waals surface area contributed by atoms with Crippen molar-refractivity contribution in [1.29, 1.82) is 0 Å². The van der Waals surface area contributed by atoms with Crippen LogP contribution >= 0.6 is 0 Å². The van der Waals surface area contributed by atoms with Crippen molar-refractivity contribution in [2.45, 2.75) is 90.4 Å². The summed E-state index contributed by atoms with van der Waals surface area (Å²) in [5, 5.41) is 16.8. The molecule has 0 aromatic heterocycles. The second kappa shape index (κ2) is 15.4. The van der Waals surface area contributed by atoms with Gasteiger partial charge in [0.15, 0.2) is 11.6 Å². The number of carbonyl (C=O) groups is 4. The maximum Gasteiger partial charge on any atom is 0.243 e. The lowest BCUT2D eigenvalue weighted by molar-refractivity contribution is -0.130. The number of fused-ring (bicyclic) bond motifs is 2. The third kappa shape index (κ3) is 8.57. The molecule has 216 valence electrons. The van der Waals surface area contributed by atoms with Crippen LogP contribution in [0.25, 0.3) is 0 Å². The predicted molar refractivity (Wildman–Crippen MR) is 151 cm³/mol. The lowest BCUT2D eigenvalue weighted by Crippen LogP contribution is -2.33. The van der Waals surface area contributed by atoms with Crippen LogP contribution in [-0.4, -0.2) is 33.8 Å². The van der Waals surface area contributed by atoms with Gasteiger partial charge < -0.3 is 0 Å². The average molecular weight is 551 g/mol. The summed E-state index contributed by atoms with van der Waals surface area (Å²) in [6, 6.07) is 15.7. The molecule has 0 saturated heterocycles. The van der Waals surface area contributed by atoms with Gasteiger partial charge in [0, 0.05) is 35.3 Å². The van der Waals surface area contributed by atoms with Crippen molar-refractivity contribution in [3.05, 3.63) is 70.8 Å². The molecule has 2 amide bonds. The monoisotopic (exact) mass is 550 g/mol. The normalized spacial score (nSPS) is 19.5. The summed E-state index contributed by atoms with van der Waals surface area (Å²) >= 11 is 0. The van der Waals surface area contributed by atoms with Gasteiger partial charge in [-0.15, -0.1) is 0 Å². The Hall–Kier alpha value is -3.36. The second-order valence-corrected chi connectivity index (χ2v) is 11.2. The third-order valence-electron chi connectivity index (χ3n) is 8.26. The minimum atomic E-state index is -0.365. The van der Waals surface area contributed by atoms with Gasteiger partial charge in [-0.2, -0.15) is 0 Å². The molecular formula is C32H42N2O6. The minimum Gasteiger partial charge on any atom is -0.294 e. The van der Waals surface area contributed by atoms with E-state index in [1.165, 1.54) is 5.56 Å². The highest BCUT2D eigenvalue weighted by Crippen LogP contribution is 2.39. The molecule has 8 heteroatoms. The zero-order chi connectivity index (χ0) is 29.0. The van der Waals surface area contributed by atoms with Gasteiger partial charge >= 0.3 is 0 Å². The van der Waals surface area contributed by atoms with Gasteiger partial charge in [-0.05, 0) is 62.5 Å². The molecule has 0 aliphatic heterocycles. The van der Waals surface area contributed by atoms with Crippen molar-refractivity contribution in [2.75, 3.05) is 0 Å². The molecule has 0 fully saturated rings. The highest BCUT2D eigenvalue weighted by atomic mass is 16.5. The Labute approximate surface area is 236 Å². The molecule has 2 aliphatic rings. The van der Waals surface area contributed by atoms with Crippen LogP contribution in [0.3, 0.4) is 0 Å². The van der Waals surface area contributed by atoms with Crippen LogP contribution in [-0.2, 0) is 22.4 Å². The van der Waals surface area contributed by atoms with Gasteiger partial charge in [-0.1, -0.05) is 74.7 Å². The van der Waals surface area contributed by atoms with Crippen LogP contribution in [0, 0.1) is 11.3 Å². The van der Waals surface area contributed by atoms with Crippen molar-refractivity contribution >= 4 is 23.4 Å². The van der Waals surface area contributed by atoms with Crippen LogP contribution in [0.2, 0.25) is 0 Å². The number of hydrogen-bond acceptors (Lipinski definition) is 6. The van der Waals surface area contributed by atoms with Crippen molar-refractivity contribution in [3.63, 3.8) is 0 Å². The summed E-state index contributed by atoms with van der Waals surface area (Å²) in [7, 11) is 0. The van der Waals surface area contributed by atoms with E-state index in [0.717, 1.165) is 80.9 Å². The number of aryl methyl sites for hydroxylation is 2. The number of Topliss-reactive ketones (excluding diaryl/α,β-unsaturated/α-hetero) is 2. The van der Waals surface area contributed by atoms with E-state index in [1.807, 2.05) is 55.5 Å². The molecule has 2 aromatic carbocycles. The molecule has 0 bridgehead atoms. The van der Waals surface area contributed by atoms with Gasteiger partial charge in [0.05, 0.1) is 0 Å². The Bertz CT molecular complexity index is 1180. The van der Waals surface area contributed by atoms with Gasteiger partial charge in [-0.25, -0.2) is 11.0 Å². The fourth-order valence-electron chi connectivity index (χ4n) is 5.75. The Kier molecular flexibility index (Phi) is 12.0. The van der Waals surface area contributed by atoms with Crippen LogP contribution in [0.1, 0.15) is 109 Å². The van der Waals surface area contributed by atoms with Crippen LogP contribution in [0.15, 0.2) is 48.5 Å². The van der Waals surface area contributed by atoms with Crippen LogP contribution < -0.4 is 11.0 Å². The lowest BCUT2D eigenvalue weighted by Gasteiger charge is -2.33. The molecule has 0 radical (unpaired) electrons. The van der Waals surface area contributed by atoms with Gasteiger partial charge in [-0.3, -0.25) is 29.6 Å². The standard InChI is InChI=1S/2C16H21NO3/c1-16(10-5-4-8-14(18)17-20)11-9-12-6-2-3-7-13(12)15(16)19;18-15(17-20)9-3-1-2-7-13-11-10-12-6-4-5-8-14(12)16(13)19/h2-3,6-7,20H,4-5,8-11H2,1H3,(H,17,18);4-6,8,13,20H,1-3,7,9-11H2,(H,17,18). The number of rotatable bonds is 11. The fourth-order valence-corrected chi connectivity index (χ4v) is 5.75. The van der Waals surface area contributed by atoms with Gasteiger partial charge in [0.25, 0.3) is 0 Å². The van der Waals surface area contributed by atoms with E-state index in [1.54, 1.807) is 11.0 Å². The largest absolute Gasteiger partial charge is 0.294 e. The number of amides is 2. The summed E-state index contributed by atoms with van der Waals surface area (Å²) in [6.07, 6.45) is 10.2. The molecule has 2 aromatic rings. The minimum absolute atomic E-state index is 0.136. The second-order valence-electron chi connectivity index (χ2n) is 11.2. The Morgan fingerprint density at radius 2 is 1.38 bits per heavy atom. The highest BCUT2D eigenvalue weighted by molar-refractivity contribution is 6.02. The van der Waals surface area contributed by atoms with E-state index >= 15 is 0 Å². The number of carbonyl (C=O) groups excluding carboxylic acids is 4. The number of ketones is 2. The van der Waals surface area contributed by atoms with E-state index in [-0.39, 0.29) is 34.7 Å². The fraction of sp³-hybridized carbons (Fsp3) is 0.500. The Morgan fingerprint density at radius 3 is 2.02 bits per heavy atom. The number of hydrogen-bond donors (Lipinski definition) is 4. The third-order valence-corrected chi connectivity index (χ3v) is 8.26. The average Bonchev–Trinajstić information content (AvgIpc) is 2.98. The number of nitrogens with one attached hydrogen (secondary N) is 2. The molecule has 0 spiro atoms. The lowest BCUT2D eigenvalue weighted by atomic mass is 9.69. The highest BCUT2D eigenvalue weighted by Gasteiger charge is 2.37. The van der Waals surface area contributed by atoms with Crippen molar-refractivity contribution in [1.82, 2.24) is 11.0 Å². The molecule has 4 rings (SSSR count). The van der Waals surface area contributed by atoms with Crippen LogP contribution in [0.4, 0.5) is 0 Å². The maximum absolute atomic E-state index is 12.6. The van der Waals surface area contributed by atoms with Gasteiger partial charge in [0.2, 0.25) is 11.8 Å². The maximum atomic E-state index is 12.6. The zero-order valence-electron chi connectivity index (χ0n) is 23.4. The molecule has 2 atom stereocenters. The molecule has 8 nitrogen and oxygen atoms in total. The van der Waals surface area contributed by atoms with Crippen molar-refractivity contribution in [2.24, 2.45) is 11.3 Å². The molecule has 2 unspecified atom stereocenters. The van der Waals surface area contributed by atoms with E-state index in [4.69, 9.17) is 10.4 Å². The Balaban J connectivity index is 0.000000220. The molecule has 4 N–H and O–H groups in total. The molecule has 2 aliphatic carbocycles. The summed E-state index contributed by atoms with van der Waals surface area (Å²) in [5.74, 6) is -0.0642. The first-order chi connectivity index (χ1) is 19.3.